The third kappa shape index (κ3) is 4.04. The van der Waals surface area contributed by atoms with E-state index in [1.165, 1.54) is 16.7 Å². The summed E-state index contributed by atoms with van der Waals surface area (Å²) in [5.74, 6) is -0.525. The van der Waals surface area contributed by atoms with Crippen LogP contribution in [0.3, 0.4) is 0 Å². The van der Waals surface area contributed by atoms with E-state index in [1.54, 1.807) is 10.7 Å². The molecule has 6 nitrogen and oxygen atoms in total. The Morgan fingerprint density at radius 2 is 1.55 bits per heavy atom. The van der Waals surface area contributed by atoms with E-state index in [4.69, 9.17) is 11.5 Å². The van der Waals surface area contributed by atoms with Crippen molar-refractivity contribution in [3.8, 4) is 16.8 Å². The Labute approximate surface area is 192 Å². The standard InChI is InChI=1S/C27H25N5O/c1-18-14-25(27(29)33)30-32(18)24-10-11-26-23(15-24)12-13-31(26)17-20-4-8-22(9-5-20)21-6-2-19(16-28)3-7-21/h2-15H,16-17,28H2,1H3,(H2,29,33). The van der Waals surface area contributed by atoms with Gasteiger partial charge in [0.1, 0.15) is 0 Å². The first kappa shape index (κ1) is 20.7. The number of rotatable bonds is 6. The van der Waals surface area contributed by atoms with Crippen LogP contribution in [-0.4, -0.2) is 20.3 Å². The van der Waals surface area contributed by atoms with E-state index >= 15 is 0 Å². The van der Waals surface area contributed by atoms with Crippen molar-refractivity contribution in [1.82, 2.24) is 14.3 Å². The number of nitrogens with two attached hydrogens (primary N) is 2. The lowest BCUT2D eigenvalue weighted by Gasteiger charge is -2.09. The van der Waals surface area contributed by atoms with E-state index in [1.807, 2.05) is 13.0 Å². The average Bonchev–Trinajstić information content (AvgIpc) is 3.43. The predicted octanol–water partition coefficient (Wildman–Crippen LogP) is 4.41. The Morgan fingerprint density at radius 3 is 2.15 bits per heavy atom. The van der Waals surface area contributed by atoms with Crippen LogP contribution in [0.5, 0.6) is 0 Å². The van der Waals surface area contributed by atoms with Crippen molar-refractivity contribution in [2.24, 2.45) is 11.5 Å². The van der Waals surface area contributed by atoms with Gasteiger partial charge in [0.05, 0.1) is 5.69 Å². The highest BCUT2D eigenvalue weighted by atomic mass is 16.1. The molecule has 2 aromatic heterocycles. The van der Waals surface area contributed by atoms with Crippen LogP contribution in [-0.2, 0) is 13.1 Å². The molecule has 0 fully saturated rings. The van der Waals surface area contributed by atoms with Crippen molar-refractivity contribution < 1.29 is 4.79 Å². The van der Waals surface area contributed by atoms with Crippen LogP contribution in [0.2, 0.25) is 0 Å². The number of benzene rings is 3. The second-order valence-corrected chi connectivity index (χ2v) is 8.23. The number of amides is 1. The summed E-state index contributed by atoms with van der Waals surface area (Å²) in [6.45, 7) is 3.24. The lowest BCUT2D eigenvalue weighted by Crippen LogP contribution is -2.12. The average molecular weight is 436 g/mol. The van der Waals surface area contributed by atoms with Gasteiger partial charge in [-0.25, -0.2) is 4.68 Å². The second kappa shape index (κ2) is 8.41. The van der Waals surface area contributed by atoms with Crippen molar-refractivity contribution in [2.45, 2.75) is 20.0 Å². The van der Waals surface area contributed by atoms with Gasteiger partial charge in [0.15, 0.2) is 5.69 Å². The number of hydrogen-bond acceptors (Lipinski definition) is 3. The summed E-state index contributed by atoms with van der Waals surface area (Å²) in [6.07, 6.45) is 2.10. The first-order valence-corrected chi connectivity index (χ1v) is 10.9. The molecule has 2 heterocycles. The van der Waals surface area contributed by atoms with Gasteiger partial charge in [-0.3, -0.25) is 4.79 Å². The molecule has 33 heavy (non-hydrogen) atoms. The summed E-state index contributed by atoms with van der Waals surface area (Å²) >= 11 is 0. The largest absolute Gasteiger partial charge is 0.364 e. The first-order valence-electron chi connectivity index (χ1n) is 10.9. The van der Waals surface area contributed by atoms with Crippen LogP contribution >= 0.6 is 0 Å². The van der Waals surface area contributed by atoms with E-state index in [0.29, 0.717) is 6.54 Å². The zero-order valence-electron chi connectivity index (χ0n) is 18.4. The van der Waals surface area contributed by atoms with Gasteiger partial charge in [-0.2, -0.15) is 5.10 Å². The second-order valence-electron chi connectivity index (χ2n) is 8.23. The topological polar surface area (TPSA) is 91.9 Å². The summed E-state index contributed by atoms with van der Waals surface area (Å²) in [7, 11) is 0. The van der Waals surface area contributed by atoms with Gasteiger partial charge in [-0.1, -0.05) is 48.5 Å². The van der Waals surface area contributed by atoms with Crippen LogP contribution in [0.15, 0.2) is 85.1 Å². The molecule has 4 N–H and O–H groups in total. The maximum Gasteiger partial charge on any atom is 0.269 e. The fourth-order valence-corrected chi connectivity index (χ4v) is 4.15. The number of primary amides is 1. The van der Waals surface area contributed by atoms with Gasteiger partial charge in [0.2, 0.25) is 0 Å². The molecule has 3 aromatic carbocycles. The summed E-state index contributed by atoms with van der Waals surface area (Å²) in [4.78, 5) is 11.5. The maximum atomic E-state index is 11.5. The number of fused-ring (bicyclic) bond motifs is 1. The number of hydrogen-bond donors (Lipinski definition) is 2. The van der Waals surface area contributed by atoms with Gasteiger partial charge in [-0.05, 0) is 59.5 Å². The Kier molecular flexibility index (Phi) is 5.28. The molecule has 6 heteroatoms. The molecule has 0 bridgehead atoms. The van der Waals surface area contributed by atoms with E-state index in [9.17, 15) is 4.79 Å². The lowest BCUT2D eigenvalue weighted by atomic mass is 10.0. The fourth-order valence-electron chi connectivity index (χ4n) is 4.15. The third-order valence-corrected chi connectivity index (χ3v) is 5.97. The molecule has 5 rings (SSSR count). The molecule has 0 aliphatic carbocycles. The van der Waals surface area contributed by atoms with Gasteiger partial charge in [0.25, 0.3) is 5.91 Å². The molecule has 0 aliphatic heterocycles. The molecular formula is C27H25N5O. The minimum atomic E-state index is -0.525. The van der Waals surface area contributed by atoms with Gasteiger partial charge >= 0.3 is 0 Å². The highest BCUT2D eigenvalue weighted by Crippen LogP contribution is 2.24. The SMILES string of the molecule is Cc1cc(C(N)=O)nn1-c1ccc2c(ccn2Cc2ccc(-c3ccc(CN)cc3)cc2)c1. The smallest absolute Gasteiger partial charge is 0.269 e. The predicted molar refractivity (Wildman–Crippen MR) is 131 cm³/mol. The van der Waals surface area contributed by atoms with E-state index in [0.717, 1.165) is 34.4 Å². The molecule has 0 atom stereocenters. The minimum Gasteiger partial charge on any atom is -0.364 e. The molecule has 1 amide bonds. The van der Waals surface area contributed by atoms with Gasteiger partial charge in [-0.15, -0.1) is 0 Å². The highest BCUT2D eigenvalue weighted by molar-refractivity contribution is 5.91. The monoisotopic (exact) mass is 435 g/mol. The molecule has 5 aromatic rings. The molecule has 164 valence electrons. The quantitative estimate of drug-likeness (QED) is 0.414. The number of aryl methyl sites for hydroxylation is 1. The fraction of sp³-hybridized carbons (Fsp3) is 0.111. The Hall–Kier alpha value is -4.16. The molecule has 0 saturated heterocycles. The normalized spacial score (nSPS) is 11.2. The van der Waals surface area contributed by atoms with Gasteiger partial charge < -0.3 is 16.0 Å². The Bertz CT molecular complexity index is 1440. The highest BCUT2D eigenvalue weighted by Gasteiger charge is 2.11. The zero-order chi connectivity index (χ0) is 22.9. The molecular weight excluding hydrogens is 410 g/mol. The summed E-state index contributed by atoms with van der Waals surface area (Å²) in [5.41, 5.74) is 19.0. The van der Waals surface area contributed by atoms with Crippen LogP contribution in [0.1, 0.15) is 27.3 Å². The number of carbonyl (C=O) groups is 1. The van der Waals surface area contributed by atoms with Crippen molar-refractivity contribution in [1.29, 1.82) is 0 Å². The van der Waals surface area contributed by atoms with Crippen LogP contribution < -0.4 is 11.5 Å². The summed E-state index contributed by atoms with van der Waals surface area (Å²) in [6, 6.07) is 27.0. The van der Waals surface area contributed by atoms with Crippen molar-refractivity contribution in [3.63, 3.8) is 0 Å². The van der Waals surface area contributed by atoms with Crippen LogP contribution in [0.4, 0.5) is 0 Å². The lowest BCUT2D eigenvalue weighted by molar-refractivity contribution is 0.0995. The molecule has 0 spiro atoms. The molecule has 0 saturated carbocycles. The van der Waals surface area contributed by atoms with Crippen molar-refractivity contribution >= 4 is 16.8 Å². The molecule has 0 unspecified atom stereocenters. The molecule has 0 aliphatic rings. The van der Waals surface area contributed by atoms with Crippen molar-refractivity contribution in [3.05, 3.63) is 108 Å². The minimum absolute atomic E-state index is 0.268. The van der Waals surface area contributed by atoms with Crippen LogP contribution in [0, 0.1) is 6.92 Å². The van der Waals surface area contributed by atoms with Crippen LogP contribution in [0.25, 0.3) is 27.7 Å². The maximum absolute atomic E-state index is 11.5. The number of carbonyl (C=O) groups excluding carboxylic acids is 1. The van der Waals surface area contributed by atoms with Gasteiger partial charge in [0, 0.05) is 35.9 Å². The molecule has 0 radical (unpaired) electrons. The van der Waals surface area contributed by atoms with E-state index in [-0.39, 0.29) is 5.69 Å². The first-order chi connectivity index (χ1) is 16.0. The summed E-state index contributed by atoms with van der Waals surface area (Å²) in [5, 5.41) is 5.44. The summed E-state index contributed by atoms with van der Waals surface area (Å²) < 4.78 is 3.98. The number of nitrogens with zero attached hydrogens (tertiary/aromatic N) is 3. The number of aromatic nitrogens is 3. The third-order valence-electron chi connectivity index (χ3n) is 5.97. The Morgan fingerprint density at radius 1 is 0.879 bits per heavy atom. The van der Waals surface area contributed by atoms with Crippen molar-refractivity contribution in [2.75, 3.05) is 0 Å². The zero-order valence-corrected chi connectivity index (χ0v) is 18.4. The Balaban J connectivity index is 1.38. The van der Waals surface area contributed by atoms with E-state index in [2.05, 4.69) is 82.6 Å². The van der Waals surface area contributed by atoms with E-state index < -0.39 is 5.91 Å².